The molecule has 0 bridgehead atoms. The third kappa shape index (κ3) is 3.67. The van der Waals surface area contributed by atoms with Crippen molar-refractivity contribution in [3.05, 3.63) is 89.5 Å². The van der Waals surface area contributed by atoms with Crippen LogP contribution >= 0.6 is 0 Å². The van der Waals surface area contributed by atoms with Crippen molar-refractivity contribution in [1.29, 1.82) is 0 Å². The molecule has 1 nitrogen and oxygen atoms in total. The molecule has 0 N–H and O–H groups in total. The van der Waals surface area contributed by atoms with Crippen LogP contribution in [0.15, 0.2) is 89.0 Å². The van der Waals surface area contributed by atoms with Crippen LogP contribution in [0.25, 0.3) is 16.7 Å². The van der Waals surface area contributed by atoms with Crippen LogP contribution in [-0.4, -0.2) is 11.8 Å². The van der Waals surface area contributed by atoms with Crippen molar-refractivity contribution in [2.45, 2.75) is 52.5 Å². The average Bonchev–Trinajstić information content (AvgIpc) is 3.30. The number of benzene rings is 2. The Balaban J connectivity index is 1.61. The second-order valence-corrected chi connectivity index (χ2v) is 8.86. The molecule has 2 aromatic carbocycles. The van der Waals surface area contributed by atoms with Gasteiger partial charge in [-0.05, 0) is 74.4 Å². The highest BCUT2D eigenvalue weighted by Crippen LogP contribution is 2.65. The molecule has 1 saturated carbocycles. The molecule has 0 spiro atoms. The third-order valence-corrected chi connectivity index (χ3v) is 6.92. The first-order valence-corrected chi connectivity index (χ1v) is 10.7. The summed E-state index contributed by atoms with van der Waals surface area (Å²) >= 11 is 0. The van der Waals surface area contributed by atoms with Gasteiger partial charge in [0.05, 0.1) is 5.54 Å². The van der Waals surface area contributed by atoms with Gasteiger partial charge in [-0.25, -0.2) is 0 Å². The summed E-state index contributed by atoms with van der Waals surface area (Å²) in [6, 6.07) is 19.6. The fourth-order valence-electron chi connectivity index (χ4n) is 4.90. The van der Waals surface area contributed by atoms with E-state index in [1.807, 2.05) is 25.3 Å². The zero-order chi connectivity index (χ0) is 20.5. The number of hydrogen-bond donors (Lipinski definition) is 0. The Kier molecular flexibility index (Phi) is 5.17. The molecule has 0 radical (unpaired) electrons. The first-order chi connectivity index (χ1) is 14.0. The molecule has 1 heteroatoms. The molecule has 2 atom stereocenters. The lowest BCUT2D eigenvalue weighted by Crippen LogP contribution is -2.17. The quantitative estimate of drug-likeness (QED) is 0.471. The number of rotatable bonds is 5. The predicted molar refractivity (Wildman–Crippen MR) is 126 cm³/mol. The molecule has 0 heterocycles. The topological polar surface area (TPSA) is 12.4 Å². The van der Waals surface area contributed by atoms with Gasteiger partial charge in [0.25, 0.3) is 0 Å². The van der Waals surface area contributed by atoms with E-state index < -0.39 is 0 Å². The van der Waals surface area contributed by atoms with Crippen LogP contribution < -0.4 is 0 Å². The summed E-state index contributed by atoms with van der Waals surface area (Å²) in [5.41, 5.74) is 8.64. The Bertz CT molecular complexity index is 1020. The summed E-state index contributed by atoms with van der Waals surface area (Å²) in [5.74, 6) is 0. The molecular weight excluding hydrogens is 350 g/mol. The highest BCUT2D eigenvalue weighted by Gasteiger charge is 2.63. The molecule has 2 aliphatic rings. The minimum Gasteiger partial charge on any atom is -0.286 e. The highest BCUT2D eigenvalue weighted by molar-refractivity contribution is 5.76. The van der Waals surface area contributed by atoms with E-state index in [9.17, 15) is 0 Å². The minimum atomic E-state index is 0.0433. The van der Waals surface area contributed by atoms with E-state index in [4.69, 9.17) is 4.99 Å². The molecule has 2 aromatic rings. The fraction of sp³-hybridized carbons (Fsp3) is 0.321. The molecule has 0 aromatic heterocycles. The zero-order valence-electron chi connectivity index (χ0n) is 18.1. The lowest BCUT2D eigenvalue weighted by Gasteiger charge is -2.26. The molecule has 2 aliphatic carbocycles. The largest absolute Gasteiger partial charge is 0.286 e. The number of nitrogens with zero attached hydrogens (tertiary/aromatic N) is 1. The molecule has 148 valence electrons. The summed E-state index contributed by atoms with van der Waals surface area (Å²) in [6.45, 7) is 9.02. The van der Waals surface area contributed by atoms with Crippen molar-refractivity contribution in [3.63, 3.8) is 0 Å². The van der Waals surface area contributed by atoms with Gasteiger partial charge in [0.2, 0.25) is 0 Å². The Hall–Kier alpha value is -2.67. The predicted octanol–water partition coefficient (Wildman–Crippen LogP) is 7.66. The molecule has 0 aliphatic heterocycles. The van der Waals surface area contributed by atoms with E-state index >= 15 is 0 Å². The van der Waals surface area contributed by atoms with Crippen molar-refractivity contribution < 1.29 is 0 Å². The van der Waals surface area contributed by atoms with Crippen molar-refractivity contribution in [3.8, 4) is 11.1 Å². The van der Waals surface area contributed by atoms with Crippen molar-refractivity contribution in [1.82, 2.24) is 0 Å². The van der Waals surface area contributed by atoms with Gasteiger partial charge in [-0.2, -0.15) is 0 Å². The van der Waals surface area contributed by atoms with Gasteiger partial charge in [-0.3, -0.25) is 4.99 Å². The van der Waals surface area contributed by atoms with Crippen LogP contribution in [-0.2, 0) is 0 Å². The molecule has 4 rings (SSSR count). The normalized spacial score (nSPS) is 27.0. The van der Waals surface area contributed by atoms with Crippen LogP contribution in [0.3, 0.4) is 0 Å². The van der Waals surface area contributed by atoms with E-state index in [1.54, 1.807) is 5.57 Å². The Morgan fingerprint density at radius 1 is 0.897 bits per heavy atom. The zero-order valence-corrected chi connectivity index (χ0v) is 18.1. The first kappa shape index (κ1) is 19.6. The summed E-state index contributed by atoms with van der Waals surface area (Å²) in [4.78, 5) is 4.88. The second-order valence-electron chi connectivity index (χ2n) is 8.86. The number of allylic oxidation sites excluding steroid dienone is 5. The van der Waals surface area contributed by atoms with Crippen LogP contribution in [0.2, 0.25) is 0 Å². The third-order valence-electron chi connectivity index (χ3n) is 6.92. The molecular formula is C28H31N. The maximum absolute atomic E-state index is 4.88. The van der Waals surface area contributed by atoms with E-state index in [0.717, 1.165) is 19.3 Å². The van der Waals surface area contributed by atoms with Crippen molar-refractivity contribution in [2.24, 2.45) is 10.4 Å². The Labute approximate surface area is 175 Å². The smallest absolute Gasteiger partial charge is 0.0680 e. The Morgan fingerprint density at radius 2 is 1.62 bits per heavy atom. The van der Waals surface area contributed by atoms with Crippen molar-refractivity contribution >= 4 is 11.8 Å². The monoisotopic (exact) mass is 381 g/mol. The highest BCUT2D eigenvalue weighted by atomic mass is 15.0. The van der Waals surface area contributed by atoms with Gasteiger partial charge in [-0.1, -0.05) is 78.8 Å². The van der Waals surface area contributed by atoms with E-state index in [0.29, 0.717) is 0 Å². The summed E-state index contributed by atoms with van der Waals surface area (Å²) in [6.07, 6.45) is 11.9. The van der Waals surface area contributed by atoms with Crippen molar-refractivity contribution in [2.75, 3.05) is 0 Å². The maximum atomic E-state index is 4.88. The van der Waals surface area contributed by atoms with Crippen LogP contribution in [0.5, 0.6) is 0 Å². The standard InChI is InChI=1S/C28H31N/c1-5-6-17-29-28(4)20-27(28,3)26-16-15-25(18-21(26)2)24-14-10-13-23(19-24)22-11-8-7-9-12-22/h5-14,17-19H,15-16,20H2,1-4H3/b6-5-,29-17+. The second kappa shape index (κ2) is 7.63. The molecule has 1 fully saturated rings. The van der Waals surface area contributed by atoms with Gasteiger partial charge < -0.3 is 0 Å². The van der Waals surface area contributed by atoms with Gasteiger partial charge in [0.1, 0.15) is 0 Å². The molecule has 29 heavy (non-hydrogen) atoms. The first-order valence-electron chi connectivity index (χ1n) is 10.7. The Morgan fingerprint density at radius 3 is 2.34 bits per heavy atom. The van der Waals surface area contributed by atoms with Gasteiger partial charge in [0.15, 0.2) is 0 Å². The van der Waals surface area contributed by atoms with Crippen LogP contribution in [0, 0.1) is 5.41 Å². The molecule has 0 saturated heterocycles. The van der Waals surface area contributed by atoms with Crippen LogP contribution in [0.1, 0.15) is 52.5 Å². The summed E-state index contributed by atoms with van der Waals surface area (Å²) in [5, 5.41) is 0. The summed E-state index contributed by atoms with van der Waals surface area (Å²) in [7, 11) is 0. The summed E-state index contributed by atoms with van der Waals surface area (Å²) < 4.78 is 0. The fourth-order valence-corrected chi connectivity index (χ4v) is 4.90. The van der Waals surface area contributed by atoms with E-state index in [-0.39, 0.29) is 11.0 Å². The van der Waals surface area contributed by atoms with Crippen LogP contribution in [0.4, 0.5) is 0 Å². The average molecular weight is 382 g/mol. The lowest BCUT2D eigenvalue weighted by molar-refractivity contribution is 0.531. The van der Waals surface area contributed by atoms with E-state index in [1.165, 1.54) is 27.8 Å². The number of hydrogen-bond acceptors (Lipinski definition) is 1. The van der Waals surface area contributed by atoms with Gasteiger partial charge in [0, 0.05) is 11.6 Å². The molecule has 2 unspecified atom stereocenters. The van der Waals surface area contributed by atoms with E-state index in [2.05, 4.69) is 81.4 Å². The lowest BCUT2D eigenvalue weighted by atomic mass is 9.80. The SMILES string of the molecule is C/C=C\C=N\C1(C)CC1(C)C1=C(C)C=C(c2cccc(-c3ccccc3)c2)CC1. The minimum absolute atomic E-state index is 0.0433. The maximum Gasteiger partial charge on any atom is 0.0680 e. The van der Waals surface area contributed by atoms with Gasteiger partial charge >= 0.3 is 0 Å². The number of aliphatic imine (C=N–C) groups is 1. The van der Waals surface area contributed by atoms with Gasteiger partial charge in [-0.15, -0.1) is 0 Å². The molecule has 0 amide bonds.